The lowest BCUT2D eigenvalue weighted by atomic mass is 9.87. The van der Waals surface area contributed by atoms with Gasteiger partial charge in [0.05, 0.1) is 0 Å². The Bertz CT molecular complexity index is 413. The topological polar surface area (TPSA) is 49.3 Å². The summed E-state index contributed by atoms with van der Waals surface area (Å²) in [6, 6.07) is 8.50. The summed E-state index contributed by atoms with van der Waals surface area (Å²) in [6.07, 6.45) is 2.75. The number of rotatable bonds is 5. The Kier molecular flexibility index (Phi) is 5.10. The van der Waals surface area contributed by atoms with Crippen LogP contribution in [-0.2, 0) is 16.8 Å². The van der Waals surface area contributed by atoms with Gasteiger partial charge in [-0.3, -0.25) is 0 Å². The maximum absolute atomic E-state index is 10.2. The summed E-state index contributed by atoms with van der Waals surface area (Å²) in [4.78, 5) is 10.2. The van der Waals surface area contributed by atoms with E-state index < -0.39 is 5.97 Å². The highest BCUT2D eigenvalue weighted by Gasteiger charge is 2.12. The molecule has 3 heteroatoms. The first-order valence-electron chi connectivity index (χ1n) is 6.09. The second-order valence-electron chi connectivity index (χ2n) is 5.32. The molecular weight excluding hydrogens is 226 g/mol. The van der Waals surface area contributed by atoms with E-state index in [4.69, 9.17) is 5.11 Å². The van der Waals surface area contributed by atoms with Crippen molar-refractivity contribution in [3.05, 3.63) is 47.5 Å². The van der Waals surface area contributed by atoms with Crippen molar-refractivity contribution in [2.75, 3.05) is 6.54 Å². The zero-order valence-electron chi connectivity index (χ0n) is 11.2. The average molecular weight is 247 g/mol. The number of nitrogens with one attached hydrogen (secondary N) is 1. The van der Waals surface area contributed by atoms with Gasteiger partial charge < -0.3 is 10.4 Å². The minimum Gasteiger partial charge on any atom is -0.478 e. The lowest BCUT2D eigenvalue weighted by molar-refractivity contribution is -0.131. The number of carboxylic acid groups (broad SMARTS) is 1. The van der Waals surface area contributed by atoms with Gasteiger partial charge in [-0.05, 0) is 16.5 Å². The van der Waals surface area contributed by atoms with Gasteiger partial charge in [0.1, 0.15) is 0 Å². The van der Waals surface area contributed by atoms with Gasteiger partial charge in [-0.1, -0.05) is 51.1 Å². The van der Waals surface area contributed by atoms with Crippen LogP contribution in [0.4, 0.5) is 0 Å². The van der Waals surface area contributed by atoms with E-state index in [1.54, 1.807) is 6.08 Å². The molecule has 2 N–H and O–H groups in total. The van der Waals surface area contributed by atoms with Crippen molar-refractivity contribution in [1.82, 2.24) is 5.32 Å². The molecule has 3 nitrogen and oxygen atoms in total. The van der Waals surface area contributed by atoms with Crippen LogP contribution in [0.15, 0.2) is 36.4 Å². The molecule has 0 unspecified atom stereocenters. The largest absolute Gasteiger partial charge is 0.478 e. The lowest BCUT2D eigenvalue weighted by Gasteiger charge is -2.19. The molecule has 0 amide bonds. The van der Waals surface area contributed by atoms with Crippen LogP contribution >= 0.6 is 0 Å². The van der Waals surface area contributed by atoms with Gasteiger partial charge in [-0.15, -0.1) is 0 Å². The zero-order chi connectivity index (χ0) is 13.6. The highest BCUT2D eigenvalue weighted by atomic mass is 16.4. The summed E-state index contributed by atoms with van der Waals surface area (Å²) >= 11 is 0. The highest BCUT2D eigenvalue weighted by molar-refractivity contribution is 5.79. The SMILES string of the molecule is CC(C)(C)c1ccc(CNC/C=C/C(=O)O)cc1. The van der Waals surface area contributed by atoms with Crippen LogP contribution in [0.25, 0.3) is 0 Å². The average Bonchev–Trinajstić information content (AvgIpc) is 2.27. The maximum Gasteiger partial charge on any atom is 0.328 e. The first kappa shape index (κ1) is 14.5. The number of hydrogen-bond acceptors (Lipinski definition) is 2. The van der Waals surface area contributed by atoms with Crippen LogP contribution < -0.4 is 5.32 Å². The molecule has 0 fully saturated rings. The summed E-state index contributed by atoms with van der Waals surface area (Å²) in [5.74, 6) is -0.911. The van der Waals surface area contributed by atoms with Gasteiger partial charge in [0.2, 0.25) is 0 Å². The van der Waals surface area contributed by atoms with Crippen LogP contribution in [0.5, 0.6) is 0 Å². The fraction of sp³-hybridized carbons (Fsp3) is 0.400. The molecule has 0 radical (unpaired) electrons. The van der Waals surface area contributed by atoms with Crippen LogP contribution in [0.2, 0.25) is 0 Å². The van der Waals surface area contributed by atoms with Crippen molar-refractivity contribution < 1.29 is 9.90 Å². The Hall–Kier alpha value is -1.61. The fourth-order valence-electron chi connectivity index (χ4n) is 1.58. The second-order valence-corrected chi connectivity index (χ2v) is 5.32. The third kappa shape index (κ3) is 5.15. The van der Waals surface area contributed by atoms with E-state index in [1.165, 1.54) is 11.1 Å². The van der Waals surface area contributed by atoms with Crippen LogP contribution in [0.1, 0.15) is 31.9 Å². The first-order valence-corrected chi connectivity index (χ1v) is 6.09. The van der Waals surface area contributed by atoms with Crippen molar-refractivity contribution in [3.8, 4) is 0 Å². The minimum absolute atomic E-state index is 0.177. The summed E-state index contributed by atoms with van der Waals surface area (Å²) < 4.78 is 0. The molecule has 18 heavy (non-hydrogen) atoms. The molecule has 1 aromatic rings. The van der Waals surface area contributed by atoms with E-state index in [9.17, 15) is 4.79 Å². The molecule has 0 atom stereocenters. The number of benzene rings is 1. The van der Waals surface area contributed by atoms with E-state index in [0.29, 0.717) is 6.54 Å². The Morgan fingerprint density at radius 1 is 1.28 bits per heavy atom. The van der Waals surface area contributed by atoms with Gasteiger partial charge in [0.25, 0.3) is 0 Å². The van der Waals surface area contributed by atoms with Gasteiger partial charge in [0, 0.05) is 19.2 Å². The smallest absolute Gasteiger partial charge is 0.328 e. The van der Waals surface area contributed by atoms with E-state index >= 15 is 0 Å². The number of carbonyl (C=O) groups is 1. The minimum atomic E-state index is -0.911. The van der Waals surface area contributed by atoms with Gasteiger partial charge >= 0.3 is 5.97 Å². The molecule has 0 aliphatic rings. The molecule has 1 rings (SSSR count). The molecule has 0 aromatic heterocycles. The molecule has 0 heterocycles. The van der Waals surface area contributed by atoms with E-state index in [-0.39, 0.29) is 5.41 Å². The van der Waals surface area contributed by atoms with Gasteiger partial charge in [-0.2, -0.15) is 0 Å². The number of hydrogen-bond donors (Lipinski definition) is 2. The Morgan fingerprint density at radius 3 is 2.39 bits per heavy atom. The van der Waals surface area contributed by atoms with Crippen LogP contribution in [-0.4, -0.2) is 17.6 Å². The zero-order valence-corrected chi connectivity index (χ0v) is 11.2. The van der Waals surface area contributed by atoms with Gasteiger partial charge in [-0.25, -0.2) is 4.79 Å². The third-order valence-corrected chi connectivity index (χ3v) is 2.67. The first-order chi connectivity index (χ1) is 8.39. The fourth-order valence-corrected chi connectivity index (χ4v) is 1.58. The second kappa shape index (κ2) is 6.36. The molecule has 0 saturated heterocycles. The van der Waals surface area contributed by atoms with Crippen molar-refractivity contribution in [2.45, 2.75) is 32.7 Å². The third-order valence-electron chi connectivity index (χ3n) is 2.67. The van der Waals surface area contributed by atoms with Crippen molar-refractivity contribution in [1.29, 1.82) is 0 Å². The van der Waals surface area contributed by atoms with Crippen molar-refractivity contribution in [3.63, 3.8) is 0 Å². The van der Waals surface area contributed by atoms with Gasteiger partial charge in [0.15, 0.2) is 0 Å². The summed E-state index contributed by atoms with van der Waals surface area (Å²) in [5.41, 5.74) is 2.69. The maximum atomic E-state index is 10.2. The predicted molar refractivity (Wildman–Crippen MR) is 73.6 cm³/mol. The standard InChI is InChI=1S/C15H21NO2/c1-15(2,3)13-8-6-12(7-9-13)11-16-10-4-5-14(17)18/h4-9,16H,10-11H2,1-3H3,(H,17,18)/b5-4+. The molecule has 0 aliphatic heterocycles. The lowest BCUT2D eigenvalue weighted by Crippen LogP contribution is -2.14. The molecular formula is C15H21NO2. The molecule has 0 saturated carbocycles. The molecule has 0 spiro atoms. The van der Waals surface area contributed by atoms with E-state index in [1.807, 2.05) is 0 Å². The number of aliphatic carboxylic acids is 1. The van der Waals surface area contributed by atoms with E-state index in [0.717, 1.165) is 12.6 Å². The van der Waals surface area contributed by atoms with Crippen LogP contribution in [0.3, 0.4) is 0 Å². The Labute approximate surface area is 109 Å². The molecule has 98 valence electrons. The van der Waals surface area contributed by atoms with E-state index in [2.05, 4.69) is 50.4 Å². The summed E-state index contributed by atoms with van der Waals surface area (Å²) in [7, 11) is 0. The highest BCUT2D eigenvalue weighted by Crippen LogP contribution is 2.21. The Morgan fingerprint density at radius 2 is 1.89 bits per heavy atom. The number of carboxylic acids is 1. The van der Waals surface area contributed by atoms with Crippen molar-refractivity contribution in [2.24, 2.45) is 0 Å². The molecule has 0 bridgehead atoms. The predicted octanol–water partition coefficient (Wildman–Crippen LogP) is 2.71. The Balaban J connectivity index is 2.43. The summed E-state index contributed by atoms with van der Waals surface area (Å²) in [5, 5.41) is 11.6. The quantitative estimate of drug-likeness (QED) is 0.621. The molecule has 1 aromatic carbocycles. The monoisotopic (exact) mass is 247 g/mol. The summed E-state index contributed by atoms with van der Waals surface area (Å²) in [6.45, 7) is 7.88. The van der Waals surface area contributed by atoms with Crippen LogP contribution in [0, 0.1) is 0 Å². The molecule has 0 aliphatic carbocycles. The van der Waals surface area contributed by atoms with Crippen molar-refractivity contribution >= 4 is 5.97 Å². The normalized spacial score (nSPS) is 11.9.